The van der Waals surface area contributed by atoms with Gasteiger partial charge in [0, 0.05) is 16.7 Å². The maximum atomic E-state index is 13.0. The maximum absolute atomic E-state index is 13.0. The van der Waals surface area contributed by atoms with Gasteiger partial charge in [0.05, 0.1) is 5.69 Å². The van der Waals surface area contributed by atoms with Crippen molar-refractivity contribution >= 4 is 35.3 Å². The van der Waals surface area contributed by atoms with Crippen LogP contribution in [0.25, 0.3) is 22.7 Å². The molecule has 0 aliphatic heterocycles. The van der Waals surface area contributed by atoms with Crippen molar-refractivity contribution < 1.29 is 4.39 Å². The summed E-state index contributed by atoms with van der Waals surface area (Å²) in [4.78, 5) is 9.06. The van der Waals surface area contributed by atoms with Crippen molar-refractivity contribution in [3.63, 3.8) is 0 Å². The van der Waals surface area contributed by atoms with Crippen molar-refractivity contribution in [3.8, 4) is 10.6 Å². The Labute approximate surface area is 164 Å². The highest BCUT2D eigenvalue weighted by atomic mass is 32.2. The Bertz CT molecular complexity index is 1040. The molecule has 7 heteroatoms. The summed E-state index contributed by atoms with van der Waals surface area (Å²) < 4.78 is 13.0. The zero-order valence-corrected chi connectivity index (χ0v) is 15.8. The Balaban J connectivity index is 1.36. The molecule has 4 nitrogen and oxygen atoms in total. The Kier molecular flexibility index (Phi) is 5.41. The molecule has 0 saturated heterocycles. The van der Waals surface area contributed by atoms with Crippen LogP contribution in [0.15, 0.2) is 65.1 Å². The van der Waals surface area contributed by atoms with E-state index in [1.54, 1.807) is 23.5 Å². The largest absolute Gasteiger partial charge is 0.259 e. The fourth-order valence-corrected chi connectivity index (χ4v) is 4.00. The molecular formula is C20H15FN4S2. The molecule has 0 aliphatic rings. The second-order valence-electron chi connectivity index (χ2n) is 5.69. The van der Waals surface area contributed by atoms with Gasteiger partial charge in [-0.3, -0.25) is 5.10 Å². The van der Waals surface area contributed by atoms with Crippen LogP contribution in [0.2, 0.25) is 0 Å². The zero-order chi connectivity index (χ0) is 18.5. The predicted octanol–water partition coefficient (Wildman–Crippen LogP) is 5.53. The molecule has 134 valence electrons. The van der Waals surface area contributed by atoms with Crippen molar-refractivity contribution in [2.45, 2.75) is 10.9 Å². The van der Waals surface area contributed by atoms with E-state index in [4.69, 9.17) is 0 Å². The van der Waals surface area contributed by atoms with Gasteiger partial charge in [0.2, 0.25) is 5.16 Å². The van der Waals surface area contributed by atoms with Gasteiger partial charge in [0.1, 0.15) is 16.6 Å². The molecule has 4 rings (SSSR count). The normalized spacial score (nSPS) is 11.3. The SMILES string of the molecule is Fc1ccc(-c2nc(CSc3n[nH]c(/C=C/c4ccccc4)n3)cs2)cc1. The highest BCUT2D eigenvalue weighted by Crippen LogP contribution is 2.27. The topological polar surface area (TPSA) is 54.5 Å². The Morgan fingerprint density at radius 2 is 1.81 bits per heavy atom. The summed E-state index contributed by atoms with van der Waals surface area (Å²) in [5, 5.41) is 10.7. The summed E-state index contributed by atoms with van der Waals surface area (Å²) in [6.45, 7) is 0. The second kappa shape index (κ2) is 8.28. The van der Waals surface area contributed by atoms with E-state index >= 15 is 0 Å². The van der Waals surface area contributed by atoms with Gasteiger partial charge in [0.25, 0.3) is 0 Å². The first-order valence-electron chi connectivity index (χ1n) is 8.25. The number of nitrogens with one attached hydrogen (secondary N) is 1. The summed E-state index contributed by atoms with van der Waals surface area (Å²) in [5.41, 5.74) is 2.98. The lowest BCUT2D eigenvalue weighted by Gasteiger charge is -1.95. The molecule has 0 saturated carbocycles. The maximum Gasteiger partial charge on any atom is 0.209 e. The first-order valence-corrected chi connectivity index (χ1v) is 10.1. The molecule has 0 fully saturated rings. The third-order valence-corrected chi connectivity index (χ3v) is 5.53. The van der Waals surface area contributed by atoms with E-state index in [1.165, 1.54) is 23.9 Å². The van der Waals surface area contributed by atoms with Crippen LogP contribution in [-0.2, 0) is 5.75 Å². The third kappa shape index (κ3) is 4.69. The second-order valence-corrected chi connectivity index (χ2v) is 7.49. The van der Waals surface area contributed by atoms with Crippen molar-refractivity contribution in [1.29, 1.82) is 0 Å². The number of hydrogen-bond donors (Lipinski definition) is 1. The molecule has 0 unspecified atom stereocenters. The minimum Gasteiger partial charge on any atom is -0.259 e. The molecule has 27 heavy (non-hydrogen) atoms. The number of H-pyrrole nitrogens is 1. The van der Waals surface area contributed by atoms with Gasteiger partial charge in [-0.1, -0.05) is 48.2 Å². The first-order chi connectivity index (χ1) is 13.3. The average molecular weight is 395 g/mol. The predicted molar refractivity (Wildman–Crippen MR) is 109 cm³/mol. The fourth-order valence-electron chi connectivity index (χ4n) is 2.37. The number of rotatable bonds is 6. The first kappa shape index (κ1) is 17.6. The summed E-state index contributed by atoms with van der Waals surface area (Å²) in [6, 6.07) is 16.4. The number of aromatic nitrogens is 4. The molecule has 0 bridgehead atoms. The number of aromatic amines is 1. The number of thiazole rings is 1. The summed E-state index contributed by atoms with van der Waals surface area (Å²) in [5.74, 6) is 1.15. The summed E-state index contributed by atoms with van der Waals surface area (Å²) >= 11 is 3.07. The van der Waals surface area contributed by atoms with Gasteiger partial charge in [-0.15, -0.1) is 16.4 Å². The van der Waals surface area contributed by atoms with E-state index in [-0.39, 0.29) is 5.82 Å². The van der Waals surface area contributed by atoms with E-state index in [2.05, 4.69) is 20.2 Å². The lowest BCUT2D eigenvalue weighted by molar-refractivity contribution is 0.628. The molecule has 0 aliphatic carbocycles. The highest BCUT2D eigenvalue weighted by molar-refractivity contribution is 7.98. The Hall–Kier alpha value is -2.77. The van der Waals surface area contributed by atoms with Crippen molar-refractivity contribution in [2.24, 2.45) is 0 Å². The van der Waals surface area contributed by atoms with Gasteiger partial charge in [0.15, 0.2) is 0 Å². The molecule has 0 amide bonds. The van der Waals surface area contributed by atoms with Gasteiger partial charge in [-0.25, -0.2) is 14.4 Å². The van der Waals surface area contributed by atoms with Crippen LogP contribution in [0, 0.1) is 5.82 Å². The minimum absolute atomic E-state index is 0.243. The van der Waals surface area contributed by atoms with Crippen molar-refractivity contribution in [1.82, 2.24) is 20.2 Å². The van der Waals surface area contributed by atoms with Crippen molar-refractivity contribution in [3.05, 3.63) is 82.9 Å². The molecule has 4 aromatic rings. The van der Waals surface area contributed by atoms with Crippen LogP contribution in [0.1, 0.15) is 17.1 Å². The minimum atomic E-state index is -0.243. The number of hydrogen-bond acceptors (Lipinski definition) is 5. The lowest BCUT2D eigenvalue weighted by atomic mass is 10.2. The van der Waals surface area contributed by atoms with E-state index in [0.717, 1.165) is 21.8 Å². The van der Waals surface area contributed by atoms with E-state index in [9.17, 15) is 4.39 Å². The summed E-state index contributed by atoms with van der Waals surface area (Å²) in [7, 11) is 0. The molecule has 2 aromatic heterocycles. The Morgan fingerprint density at radius 3 is 2.63 bits per heavy atom. The molecule has 0 atom stereocenters. The standard InChI is InChI=1S/C20H15FN4S2/c21-16-9-7-15(8-10-16)19-22-17(12-26-19)13-27-20-23-18(24-25-20)11-6-14-4-2-1-3-5-14/h1-12H,13H2,(H,23,24,25)/b11-6+. The van der Waals surface area contributed by atoms with Crippen LogP contribution in [0.4, 0.5) is 4.39 Å². The smallest absolute Gasteiger partial charge is 0.209 e. The van der Waals surface area contributed by atoms with Crippen LogP contribution in [0.5, 0.6) is 0 Å². The highest BCUT2D eigenvalue weighted by Gasteiger charge is 2.08. The summed E-state index contributed by atoms with van der Waals surface area (Å²) in [6.07, 6.45) is 3.90. The monoisotopic (exact) mass is 394 g/mol. The average Bonchev–Trinajstić information content (AvgIpc) is 3.36. The third-order valence-electron chi connectivity index (χ3n) is 3.71. The van der Waals surface area contributed by atoms with Crippen LogP contribution in [-0.4, -0.2) is 20.2 Å². The lowest BCUT2D eigenvalue weighted by Crippen LogP contribution is -1.83. The molecular weight excluding hydrogens is 379 g/mol. The van der Waals surface area contributed by atoms with Gasteiger partial charge >= 0.3 is 0 Å². The molecule has 2 heterocycles. The molecule has 0 spiro atoms. The van der Waals surface area contributed by atoms with Crippen LogP contribution >= 0.6 is 23.1 Å². The quantitative estimate of drug-likeness (QED) is 0.437. The molecule has 2 aromatic carbocycles. The van der Waals surface area contributed by atoms with E-state index < -0.39 is 0 Å². The van der Waals surface area contributed by atoms with Gasteiger partial charge in [-0.2, -0.15) is 0 Å². The van der Waals surface area contributed by atoms with Gasteiger partial charge < -0.3 is 0 Å². The number of thioether (sulfide) groups is 1. The van der Waals surface area contributed by atoms with Crippen molar-refractivity contribution in [2.75, 3.05) is 0 Å². The number of halogens is 1. The number of benzene rings is 2. The fraction of sp³-hybridized carbons (Fsp3) is 0.0500. The zero-order valence-electron chi connectivity index (χ0n) is 14.2. The van der Waals surface area contributed by atoms with E-state index in [0.29, 0.717) is 16.7 Å². The van der Waals surface area contributed by atoms with Crippen LogP contribution in [0.3, 0.4) is 0 Å². The Morgan fingerprint density at radius 1 is 1.00 bits per heavy atom. The van der Waals surface area contributed by atoms with Gasteiger partial charge in [-0.05, 0) is 35.9 Å². The van der Waals surface area contributed by atoms with E-state index in [1.807, 2.05) is 47.9 Å². The number of nitrogens with zero attached hydrogens (tertiary/aromatic N) is 3. The molecule has 0 radical (unpaired) electrons. The molecule has 1 N–H and O–H groups in total. The van der Waals surface area contributed by atoms with Crippen LogP contribution < -0.4 is 0 Å².